The van der Waals surface area contributed by atoms with Gasteiger partial charge in [0.1, 0.15) is 0 Å². The average Bonchev–Trinajstić information content (AvgIpc) is 2.75. The zero-order valence-electron chi connectivity index (χ0n) is 17.3. The number of aryl methyl sites for hydroxylation is 1. The molecule has 8 heteroatoms. The molecule has 2 aromatic rings. The fourth-order valence-corrected chi connectivity index (χ4v) is 3.19. The topological polar surface area (TPSA) is 88.1 Å². The molecule has 2 aromatic carbocycles. The Hall–Kier alpha value is -3.39. The summed E-state index contributed by atoms with van der Waals surface area (Å²) in [6, 6.07) is 13.7. The zero-order chi connectivity index (χ0) is 22.4. The highest BCUT2D eigenvalue weighted by Gasteiger charge is 2.38. The van der Waals surface area contributed by atoms with Gasteiger partial charge in [0.05, 0.1) is 23.5 Å². The number of benzene rings is 2. The van der Waals surface area contributed by atoms with Crippen LogP contribution in [0.5, 0.6) is 0 Å². The van der Waals surface area contributed by atoms with E-state index < -0.39 is 23.7 Å². The molecule has 3 rings (SSSR count). The Balaban J connectivity index is 1.72. The van der Waals surface area contributed by atoms with Gasteiger partial charge >= 0.3 is 5.97 Å². The largest absolute Gasteiger partial charge is 0.462 e. The Morgan fingerprint density at radius 3 is 2.48 bits per heavy atom. The molecule has 1 atom stereocenters. The van der Waals surface area contributed by atoms with Gasteiger partial charge < -0.3 is 10.1 Å². The molecule has 1 fully saturated rings. The first-order valence-electron chi connectivity index (χ1n) is 9.97. The van der Waals surface area contributed by atoms with E-state index in [9.17, 15) is 14.4 Å². The molecule has 1 N–H and O–H groups in total. The SMILES string of the molecule is CCCCOC(=O)c1ccc(N=C[C@H]2C(=O)NC(=S)N(c3ccc(C)cc3)C2=O)cc1. The third-order valence-corrected chi connectivity index (χ3v) is 4.99. The number of amides is 2. The summed E-state index contributed by atoms with van der Waals surface area (Å²) in [6.45, 7) is 4.34. The van der Waals surface area contributed by atoms with E-state index in [1.807, 2.05) is 26.0 Å². The number of carbonyl (C=O) groups excluding carboxylic acids is 3. The van der Waals surface area contributed by atoms with Crippen molar-refractivity contribution < 1.29 is 19.1 Å². The lowest BCUT2D eigenvalue weighted by atomic mass is 10.1. The maximum absolute atomic E-state index is 12.9. The number of hydrogen-bond acceptors (Lipinski definition) is 6. The molecule has 2 amide bonds. The number of nitrogens with one attached hydrogen (secondary N) is 1. The molecule has 1 saturated heterocycles. The minimum absolute atomic E-state index is 0.0365. The average molecular weight is 438 g/mol. The van der Waals surface area contributed by atoms with E-state index >= 15 is 0 Å². The van der Waals surface area contributed by atoms with Crippen molar-refractivity contribution in [2.75, 3.05) is 11.5 Å². The van der Waals surface area contributed by atoms with Gasteiger partial charge in [0, 0.05) is 6.21 Å². The molecule has 0 aliphatic carbocycles. The van der Waals surface area contributed by atoms with Crippen molar-refractivity contribution in [1.29, 1.82) is 0 Å². The van der Waals surface area contributed by atoms with Crippen molar-refractivity contribution in [2.45, 2.75) is 26.7 Å². The summed E-state index contributed by atoms with van der Waals surface area (Å²) >= 11 is 5.19. The lowest BCUT2D eigenvalue weighted by Gasteiger charge is -2.30. The van der Waals surface area contributed by atoms with Crippen LogP contribution in [-0.2, 0) is 14.3 Å². The molecule has 0 bridgehead atoms. The van der Waals surface area contributed by atoms with Crippen molar-refractivity contribution in [2.24, 2.45) is 10.9 Å². The molecular weight excluding hydrogens is 414 g/mol. The Labute approximate surface area is 186 Å². The molecule has 1 heterocycles. The lowest BCUT2D eigenvalue weighted by molar-refractivity contribution is -0.130. The summed E-state index contributed by atoms with van der Waals surface area (Å²) < 4.78 is 5.17. The normalized spacial score (nSPS) is 16.5. The summed E-state index contributed by atoms with van der Waals surface area (Å²) in [6.07, 6.45) is 3.05. The predicted octanol–water partition coefficient (Wildman–Crippen LogP) is 3.72. The minimum Gasteiger partial charge on any atom is -0.462 e. The van der Waals surface area contributed by atoms with Crippen LogP contribution in [0.3, 0.4) is 0 Å². The first-order chi connectivity index (χ1) is 14.9. The van der Waals surface area contributed by atoms with Crippen molar-refractivity contribution >= 4 is 52.7 Å². The molecule has 0 saturated carbocycles. The van der Waals surface area contributed by atoms with Gasteiger partial charge in [-0.3, -0.25) is 19.5 Å². The summed E-state index contributed by atoms with van der Waals surface area (Å²) in [5, 5.41) is 2.59. The van der Waals surface area contributed by atoms with Crippen LogP contribution in [-0.4, -0.2) is 35.7 Å². The van der Waals surface area contributed by atoms with Crippen LogP contribution in [0, 0.1) is 12.8 Å². The molecule has 1 aliphatic heterocycles. The van der Waals surface area contributed by atoms with Gasteiger partial charge in [-0.2, -0.15) is 0 Å². The van der Waals surface area contributed by atoms with E-state index in [1.165, 1.54) is 11.1 Å². The third kappa shape index (κ3) is 5.40. The number of thiocarbonyl (C=S) groups is 1. The highest BCUT2D eigenvalue weighted by Crippen LogP contribution is 2.22. The maximum Gasteiger partial charge on any atom is 0.338 e. The molecule has 31 heavy (non-hydrogen) atoms. The van der Waals surface area contributed by atoms with Crippen LogP contribution >= 0.6 is 12.2 Å². The minimum atomic E-state index is -1.12. The van der Waals surface area contributed by atoms with Gasteiger partial charge in [-0.25, -0.2) is 4.79 Å². The van der Waals surface area contributed by atoms with Gasteiger partial charge in [0.15, 0.2) is 11.0 Å². The number of aliphatic imine (C=N–C) groups is 1. The second kappa shape index (κ2) is 10.1. The van der Waals surface area contributed by atoms with Crippen LogP contribution in [0.1, 0.15) is 35.7 Å². The van der Waals surface area contributed by atoms with Crippen molar-refractivity contribution in [1.82, 2.24) is 5.32 Å². The van der Waals surface area contributed by atoms with Crippen LogP contribution < -0.4 is 10.2 Å². The number of esters is 1. The second-order valence-corrected chi connectivity index (χ2v) is 7.48. The monoisotopic (exact) mass is 437 g/mol. The van der Waals surface area contributed by atoms with Crippen molar-refractivity contribution in [3.05, 3.63) is 59.7 Å². The zero-order valence-corrected chi connectivity index (χ0v) is 18.1. The maximum atomic E-state index is 12.9. The molecule has 1 aliphatic rings. The number of ether oxygens (including phenoxy) is 1. The summed E-state index contributed by atoms with van der Waals surface area (Å²) in [7, 11) is 0. The van der Waals surface area contributed by atoms with Gasteiger partial charge in [-0.15, -0.1) is 0 Å². The summed E-state index contributed by atoms with van der Waals surface area (Å²) in [5.41, 5.74) is 2.53. The van der Waals surface area contributed by atoms with E-state index in [1.54, 1.807) is 36.4 Å². The number of anilines is 1. The van der Waals surface area contributed by atoms with E-state index in [-0.39, 0.29) is 5.11 Å². The first-order valence-corrected chi connectivity index (χ1v) is 10.4. The van der Waals surface area contributed by atoms with Crippen molar-refractivity contribution in [3.63, 3.8) is 0 Å². The standard InChI is InChI=1S/C23H23N3O4S/c1-3-4-13-30-22(29)16-7-9-17(10-8-16)24-14-19-20(27)25-23(31)26(21(19)28)18-11-5-15(2)6-12-18/h5-12,14,19H,3-4,13H2,1-2H3,(H,25,27,31)/t19-/m0/s1. The van der Waals surface area contributed by atoms with Crippen LogP contribution in [0.4, 0.5) is 11.4 Å². The first kappa shape index (κ1) is 22.3. The molecule has 0 spiro atoms. The summed E-state index contributed by atoms with van der Waals surface area (Å²) in [4.78, 5) is 42.8. The molecular formula is C23H23N3O4S. The fourth-order valence-electron chi connectivity index (χ4n) is 2.90. The van der Waals surface area contributed by atoms with Gasteiger partial charge in [-0.05, 0) is 62.0 Å². The summed E-state index contributed by atoms with van der Waals surface area (Å²) in [5.74, 6) is -2.52. The Bertz CT molecular complexity index is 1020. The van der Waals surface area contributed by atoms with Crippen molar-refractivity contribution in [3.8, 4) is 0 Å². The number of unbranched alkanes of at least 4 members (excludes halogenated alkanes) is 1. The van der Waals surface area contributed by atoms with Gasteiger partial charge in [0.25, 0.3) is 5.91 Å². The Morgan fingerprint density at radius 1 is 1.16 bits per heavy atom. The van der Waals surface area contributed by atoms with E-state index in [0.717, 1.165) is 18.4 Å². The van der Waals surface area contributed by atoms with E-state index in [2.05, 4.69) is 10.3 Å². The van der Waals surface area contributed by atoms with E-state index in [0.29, 0.717) is 23.5 Å². The Kier molecular flexibility index (Phi) is 7.25. The lowest BCUT2D eigenvalue weighted by Crippen LogP contribution is -2.58. The predicted molar refractivity (Wildman–Crippen MR) is 123 cm³/mol. The molecule has 0 radical (unpaired) electrons. The second-order valence-electron chi connectivity index (χ2n) is 7.10. The number of carbonyl (C=O) groups is 3. The highest BCUT2D eigenvalue weighted by atomic mass is 32.1. The van der Waals surface area contributed by atoms with Gasteiger partial charge in [-0.1, -0.05) is 31.0 Å². The van der Waals surface area contributed by atoms with Crippen LogP contribution in [0.25, 0.3) is 0 Å². The van der Waals surface area contributed by atoms with E-state index in [4.69, 9.17) is 17.0 Å². The van der Waals surface area contributed by atoms with Crippen LogP contribution in [0.15, 0.2) is 53.5 Å². The smallest absolute Gasteiger partial charge is 0.338 e. The van der Waals surface area contributed by atoms with Crippen LogP contribution in [0.2, 0.25) is 0 Å². The molecule has 0 aromatic heterocycles. The van der Waals surface area contributed by atoms with Gasteiger partial charge in [0.2, 0.25) is 5.91 Å². The molecule has 7 nitrogen and oxygen atoms in total. The fraction of sp³-hybridized carbons (Fsp3) is 0.261. The quantitative estimate of drug-likeness (QED) is 0.235. The number of rotatable bonds is 7. The molecule has 0 unspecified atom stereocenters. The molecule has 160 valence electrons. The third-order valence-electron chi connectivity index (χ3n) is 4.70. The highest BCUT2D eigenvalue weighted by molar-refractivity contribution is 7.80. The number of nitrogens with zero attached hydrogens (tertiary/aromatic N) is 2. The Morgan fingerprint density at radius 2 is 1.84 bits per heavy atom. The number of hydrogen-bond donors (Lipinski definition) is 1.